The molecule has 0 bridgehead atoms. The smallest absolute Gasteiger partial charge is 0.303 e. The summed E-state index contributed by atoms with van der Waals surface area (Å²) in [6.45, 7) is 0.783. The van der Waals surface area contributed by atoms with Gasteiger partial charge in [0.2, 0.25) is 0 Å². The SMILES string of the molecule is N#Cc1cccc2c1ccn2CCCCC(=O)O. The van der Waals surface area contributed by atoms with Gasteiger partial charge in [-0.15, -0.1) is 0 Å². The molecule has 1 N–H and O–H groups in total. The van der Waals surface area contributed by atoms with Gasteiger partial charge in [0.15, 0.2) is 0 Å². The lowest BCUT2D eigenvalue weighted by molar-refractivity contribution is -0.137. The van der Waals surface area contributed by atoms with Crippen molar-refractivity contribution in [1.29, 1.82) is 5.26 Å². The Labute approximate surface area is 105 Å². The van der Waals surface area contributed by atoms with E-state index in [1.807, 2.05) is 24.4 Å². The van der Waals surface area contributed by atoms with E-state index in [0.717, 1.165) is 23.9 Å². The fraction of sp³-hybridized carbons (Fsp3) is 0.286. The van der Waals surface area contributed by atoms with Crippen LogP contribution in [-0.4, -0.2) is 15.6 Å². The fourth-order valence-electron chi connectivity index (χ4n) is 2.07. The third-order valence-corrected chi connectivity index (χ3v) is 2.97. The molecule has 0 saturated heterocycles. The van der Waals surface area contributed by atoms with Crippen molar-refractivity contribution < 1.29 is 9.90 Å². The fourth-order valence-corrected chi connectivity index (χ4v) is 2.07. The van der Waals surface area contributed by atoms with Crippen LogP contribution in [-0.2, 0) is 11.3 Å². The summed E-state index contributed by atoms with van der Waals surface area (Å²) in [5, 5.41) is 18.5. The van der Waals surface area contributed by atoms with Gasteiger partial charge in [0.25, 0.3) is 0 Å². The van der Waals surface area contributed by atoms with Gasteiger partial charge in [-0.2, -0.15) is 5.26 Å². The number of aliphatic carboxylic acids is 1. The Hall–Kier alpha value is -2.28. The Balaban J connectivity index is 2.11. The molecule has 2 aromatic rings. The zero-order chi connectivity index (χ0) is 13.0. The van der Waals surface area contributed by atoms with E-state index >= 15 is 0 Å². The average molecular weight is 242 g/mol. The average Bonchev–Trinajstić information content (AvgIpc) is 2.77. The van der Waals surface area contributed by atoms with Crippen molar-refractivity contribution >= 4 is 16.9 Å². The van der Waals surface area contributed by atoms with Gasteiger partial charge in [-0.3, -0.25) is 4.79 Å². The van der Waals surface area contributed by atoms with E-state index in [4.69, 9.17) is 10.4 Å². The number of aromatic nitrogens is 1. The second kappa shape index (κ2) is 5.37. The van der Waals surface area contributed by atoms with Crippen LogP contribution in [0.5, 0.6) is 0 Å². The second-order valence-electron chi connectivity index (χ2n) is 4.21. The Bertz CT molecular complexity index is 608. The zero-order valence-corrected chi connectivity index (χ0v) is 9.97. The minimum atomic E-state index is -0.751. The molecule has 0 radical (unpaired) electrons. The second-order valence-corrected chi connectivity index (χ2v) is 4.21. The van der Waals surface area contributed by atoms with Gasteiger partial charge < -0.3 is 9.67 Å². The summed E-state index contributed by atoms with van der Waals surface area (Å²) < 4.78 is 2.07. The van der Waals surface area contributed by atoms with Crippen LogP contribution in [0.25, 0.3) is 10.9 Å². The maximum atomic E-state index is 10.4. The number of benzene rings is 1. The molecule has 0 unspecified atom stereocenters. The molecule has 2 rings (SSSR count). The summed E-state index contributed by atoms with van der Waals surface area (Å²) in [6.07, 6.45) is 3.66. The van der Waals surface area contributed by atoms with Crippen molar-refractivity contribution in [2.75, 3.05) is 0 Å². The molecule has 92 valence electrons. The summed E-state index contributed by atoms with van der Waals surface area (Å²) >= 11 is 0. The molecule has 1 aromatic carbocycles. The molecule has 0 amide bonds. The zero-order valence-electron chi connectivity index (χ0n) is 9.97. The Morgan fingerprint density at radius 1 is 1.33 bits per heavy atom. The molecule has 0 aliphatic rings. The molecule has 1 aromatic heterocycles. The number of nitriles is 1. The summed E-state index contributed by atoms with van der Waals surface area (Å²) in [7, 11) is 0. The number of unbranched alkanes of at least 4 members (excludes halogenated alkanes) is 1. The third kappa shape index (κ3) is 2.51. The van der Waals surface area contributed by atoms with Gasteiger partial charge in [-0.25, -0.2) is 0 Å². The van der Waals surface area contributed by atoms with E-state index in [9.17, 15) is 4.79 Å². The number of hydrogen-bond acceptors (Lipinski definition) is 2. The topological polar surface area (TPSA) is 66.0 Å². The molecular formula is C14H14N2O2. The van der Waals surface area contributed by atoms with Crippen LogP contribution in [0.3, 0.4) is 0 Å². The highest BCUT2D eigenvalue weighted by Crippen LogP contribution is 2.20. The molecule has 1 heterocycles. The largest absolute Gasteiger partial charge is 0.481 e. The molecule has 0 aliphatic carbocycles. The van der Waals surface area contributed by atoms with E-state index in [2.05, 4.69) is 10.6 Å². The monoisotopic (exact) mass is 242 g/mol. The van der Waals surface area contributed by atoms with Crippen LogP contribution in [0.15, 0.2) is 30.5 Å². The maximum absolute atomic E-state index is 10.4. The standard InChI is InChI=1S/C14H14N2O2/c15-10-11-4-3-5-13-12(11)7-9-16(13)8-2-1-6-14(17)18/h3-5,7,9H,1-2,6,8H2,(H,17,18). The van der Waals surface area contributed by atoms with Crippen molar-refractivity contribution in [2.45, 2.75) is 25.8 Å². The van der Waals surface area contributed by atoms with Crippen molar-refractivity contribution in [3.63, 3.8) is 0 Å². The number of fused-ring (bicyclic) bond motifs is 1. The van der Waals surface area contributed by atoms with Crippen molar-refractivity contribution in [3.8, 4) is 6.07 Å². The number of nitrogens with zero attached hydrogens (tertiary/aromatic N) is 2. The van der Waals surface area contributed by atoms with Crippen molar-refractivity contribution in [2.24, 2.45) is 0 Å². The summed E-state index contributed by atoms with van der Waals surface area (Å²) in [6, 6.07) is 9.76. The predicted molar refractivity (Wildman–Crippen MR) is 68.1 cm³/mol. The first-order valence-corrected chi connectivity index (χ1v) is 5.92. The number of carboxylic acids is 1. The maximum Gasteiger partial charge on any atom is 0.303 e. The summed E-state index contributed by atoms with van der Waals surface area (Å²) in [5.74, 6) is -0.751. The van der Waals surface area contributed by atoms with Gasteiger partial charge in [-0.05, 0) is 31.0 Å². The van der Waals surface area contributed by atoms with Crippen LogP contribution >= 0.6 is 0 Å². The number of hydrogen-bond donors (Lipinski definition) is 1. The number of aryl methyl sites for hydroxylation is 1. The molecule has 0 spiro atoms. The Kier molecular flexibility index (Phi) is 3.63. The first kappa shape index (κ1) is 12.2. The van der Waals surface area contributed by atoms with Gasteiger partial charge in [0.1, 0.15) is 0 Å². The van der Waals surface area contributed by atoms with Crippen molar-refractivity contribution in [1.82, 2.24) is 4.57 Å². The lowest BCUT2D eigenvalue weighted by atomic mass is 10.1. The normalized spacial score (nSPS) is 10.4. The number of rotatable bonds is 5. The third-order valence-electron chi connectivity index (χ3n) is 2.97. The molecule has 4 nitrogen and oxygen atoms in total. The first-order chi connectivity index (χ1) is 8.72. The lowest BCUT2D eigenvalue weighted by Crippen LogP contribution is -1.99. The Morgan fingerprint density at radius 2 is 2.17 bits per heavy atom. The highest BCUT2D eigenvalue weighted by Gasteiger charge is 2.05. The van der Waals surface area contributed by atoms with E-state index in [1.165, 1.54) is 0 Å². The van der Waals surface area contributed by atoms with E-state index < -0.39 is 5.97 Å². The van der Waals surface area contributed by atoms with Crippen LogP contribution in [0, 0.1) is 11.3 Å². The molecular weight excluding hydrogens is 228 g/mol. The van der Waals surface area contributed by atoms with E-state index in [-0.39, 0.29) is 6.42 Å². The highest BCUT2D eigenvalue weighted by molar-refractivity contribution is 5.85. The van der Waals surface area contributed by atoms with Crippen LogP contribution in [0.4, 0.5) is 0 Å². The van der Waals surface area contributed by atoms with Gasteiger partial charge in [0, 0.05) is 30.1 Å². The minimum absolute atomic E-state index is 0.211. The number of carbonyl (C=O) groups is 1. The van der Waals surface area contributed by atoms with Gasteiger partial charge >= 0.3 is 5.97 Å². The molecule has 4 heteroatoms. The van der Waals surface area contributed by atoms with Gasteiger partial charge in [-0.1, -0.05) is 6.07 Å². The quantitative estimate of drug-likeness (QED) is 0.820. The minimum Gasteiger partial charge on any atom is -0.481 e. The molecule has 0 aliphatic heterocycles. The predicted octanol–water partition coefficient (Wildman–Crippen LogP) is 2.77. The van der Waals surface area contributed by atoms with Crippen molar-refractivity contribution in [3.05, 3.63) is 36.0 Å². The Morgan fingerprint density at radius 3 is 2.89 bits per heavy atom. The highest BCUT2D eigenvalue weighted by atomic mass is 16.4. The van der Waals surface area contributed by atoms with E-state index in [0.29, 0.717) is 12.0 Å². The van der Waals surface area contributed by atoms with Crippen LogP contribution < -0.4 is 0 Å². The first-order valence-electron chi connectivity index (χ1n) is 5.92. The molecule has 18 heavy (non-hydrogen) atoms. The van der Waals surface area contributed by atoms with Gasteiger partial charge in [0.05, 0.1) is 11.6 Å². The van der Waals surface area contributed by atoms with Crippen LogP contribution in [0.1, 0.15) is 24.8 Å². The van der Waals surface area contributed by atoms with E-state index in [1.54, 1.807) is 6.07 Å². The molecule has 0 fully saturated rings. The summed E-state index contributed by atoms with van der Waals surface area (Å²) in [4.78, 5) is 10.4. The summed E-state index contributed by atoms with van der Waals surface area (Å²) in [5.41, 5.74) is 1.71. The number of carboxylic acid groups (broad SMARTS) is 1. The lowest BCUT2D eigenvalue weighted by Gasteiger charge is -2.04. The molecule has 0 saturated carbocycles. The molecule has 0 atom stereocenters. The van der Waals surface area contributed by atoms with Crippen LogP contribution in [0.2, 0.25) is 0 Å².